The molecule has 1 fully saturated rings. The van der Waals surface area contributed by atoms with Crippen LogP contribution < -0.4 is 0 Å². The first-order valence-electron chi connectivity index (χ1n) is 5.03. The van der Waals surface area contributed by atoms with Crippen LogP contribution in [0.25, 0.3) is 0 Å². The number of alkyl halides is 1. The maximum Gasteiger partial charge on any atom is 0.147 e. The standard InChI is InChI=1S/C11H15FO/c12-7-11-6-10(8-13-11)9-4-2-1-3-5-9/h6,8-9H,1-5,7H2. The van der Waals surface area contributed by atoms with Gasteiger partial charge in [-0.1, -0.05) is 19.3 Å². The van der Waals surface area contributed by atoms with Gasteiger partial charge in [-0.25, -0.2) is 4.39 Å². The Balaban J connectivity index is 2.05. The van der Waals surface area contributed by atoms with Crippen molar-refractivity contribution < 1.29 is 8.81 Å². The molecule has 0 amide bonds. The SMILES string of the molecule is FCc1cc(C2CCCCC2)co1. The van der Waals surface area contributed by atoms with Gasteiger partial charge >= 0.3 is 0 Å². The van der Waals surface area contributed by atoms with Crippen molar-refractivity contribution in [2.24, 2.45) is 0 Å². The number of halogens is 1. The summed E-state index contributed by atoms with van der Waals surface area (Å²) in [6.07, 6.45) is 8.17. The lowest BCUT2D eigenvalue weighted by atomic mass is 9.85. The minimum Gasteiger partial charge on any atom is -0.466 e. The molecule has 0 unspecified atom stereocenters. The molecule has 1 saturated carbocycles. The molecule has 0 N–H and O–H groups in total. The van der Waals surface area contributed by atoms with Gasteiger partial charge in [0.2, 0.25) is 0 Å². The van der Waals surface area contributed by atoms with Crippen molar-refractivity contribution in [3.63, 3.8) is 0 Å². The molecule has 1 nitrogen and oxygen atoms in total. The number of furan rings is 1. The predicted octanol–water partition coefficient (Wildman–Crippen LogP) is 3.80. The lowest BCUT2D eigenvalue weighted by Gasteiger charge is -2.19. The van der Waals surface area contributed by atoms with Crippen molar-refractivity contribution in [1.29, 1.82) is 0 Å². The smallest absolute Gasteiger partial charge is 0.147 e. The van der Waals surface area contributed by atoms with Crippen LogP contribution in [0.15, 0.2) is 16.7 Å². The first-order chi connectivity index (χ1) is 6.40. The summed E-state index contributed by atoms with van der Waals surface area (Å²) in [6.45, 7) is -0.479. The van der Waals surface area contributed by atoms with E-state index in [0.29, 0.717) is 11.7 Å². The molecule has 2 rings (SSSR count). The monoisotopic (exact) mass is 182 g/mol. The maximum absolute atomic E-state index is 12.2. The topological polar surface area (TPSA) is 13.1 Å². The van der Waals surface area contributed by atoms with Gasteiger partial charge in [-0.2, -0.15) is 0 Å². The molecule has 2 heteroatoms. The lowest BCUT2D eigenvalue weighted by molar-refractivity contribution is 0.391. The van der Waals surface area contributed by atoms with Gasteiger partial charge in [-0.3, -0.25) is 0 Å². The van der Waals surface area contributed by atoms with Crippen LogP contribution in [-0.2, 0) is 6.67 Å². The van der Waals surface area contributed by atoms with Gasteiger partial charge in [0.05, 0.1) is 6.26 Å². The highest BCUT2D eigenvalue weighted by molar-refractivity contribution is 5.17. The molecule has 1 aliphatic rings. The Morgan fingerprint density at radius 2 is 2.08 bits per heavy atom. The van der Waals surface area contributed by atoms with Crippen LogP contribution in [0.5, 0.6) is 0 Å². The predicted molar refractivity (Wildman–Crippen MR) is 49.3 cm³/mol. The molecule has 0 aliphatic heterocycles. The van der Waals surface area contributed by atoms with E-state index in [0.717, 1.165) is 0 Å². The lowest BCUT2D eigenvalue weighted by Crippen LogP contribution is -2.02. The molecule has 72 valence electrons. The van der Waals surface area contributed by atoms with Crippen molar-refractivity contribution in [2.45, 2.75) is 44.7 Å². The largest absolute Gasteiger partial charge is 0.466 e. The van der Waals surface area contributed by atoms with E-state index in [2.05, 4.69) is 0 Å². The van der Waals surface area contributed by atoms with Crippen LogP contribution in [-0.4, -0.2) is 0 Å². The molecule has 1 aromatic rings. The van der Waals surface area contributed by atoms with Crippen LogP contribution in [0.2, 0.25) is 0 Å². The maximum atomic E-state index is 12.2. The molecule has 1 aliphatic carbocycles. The zero-order valence-electron chi connectivity index (χ0n) is 7.76. The van der Waals surface area contributed by atoms with Gasteiger partial charge in [-0.15, -0.1) is 0 Å². The first-order valence-corrected chi connectivity index (χ1v) is 5.03. The molecular weight excluding hydrogens is 167 g/mol. The molecular formula is C11H15FO. The van der Waals surface area contributed by atoms with Crippen molar-refractivity contribution in [1.82, 2.24) is 0 Å². The minimum atomic E-state index is -0.479. The number of hydrogen-bond acceptors (Lipinski definition) is 1. The molecule has 0 atom stereocenters. The van der Waals surface area contributed by atoms with Crippen LogP contribution in [0, 0.1) is 0 Å². The van der Waals surface area contributed by atoms with Gasteiger partial charge < -0.3 is 4.42 Å². The highest BCUT2D eigenvalue weighted by Crippen LogP contribution is 2.33. The van der Waals surface area contributed by atoms with Gasteiger partial charge in [0.15, 0.2) is 0 Å². The highest BCUT2D eigenvalue weighted by Gasteiger charge is 2.17. The highest BCUT2D eigenvalue weighted by atomic mass is 19.1. The summed E-state index contributed by atoms with van der Waals surface area (Å²) in [5, 5.41) is 0. The molecule has 0 saturated heterocycles. The van der Waals surface area contributed by atoms with E-state index in [1.165, 1.54) is 37.7 Å². The molecule has 0 bridgehead atoms. The first kappa shape index (κ1) is 8.79. The fourth-order valence-corrected chi connectivity index (χ4v) is 2.12. The van der Waals surface area contributed by atoms with E-state index in [1.807, 2.05) is 6.07 Å². The Kier molecular flexibility index (Phi) is 2.67. The van der Waals surface area contributed by atoms with Gasteiger partial charge in [0.1, 0.15) is 12.4 Å². The van der Waals surface area contributed by atoms with Gasteiger partial charge in [-0.05, 0) is 30.4 Å². The Hall–Kier alpha value is -0.790. The Morgan fingerprint density at radius 3 is 2.69 bits per heavy atom. The third kappa shape index (κ3) is 1.93. The molecule has 0 aromatic carbocycles. The minimum absolute atomic E-state index is 0.473. The van der Waals surface area contributed by atoms with Gasteiger partial charge in [0, 0.05) is 0 Å². The average molecular weight is 182 g/mol. The average Bonchev–Trinajstić information content (AvgIpc) is 2.67. The zero-order chi connectivity index (χ0) is 9.10. The van der Waals surface area contributed by atoms with E-state index in [9.17, 15) is 4.39 Å². The summed E-state index contributed by atoms with van der Waals surface area (Å²) in [5.74, 6) is 1.10. The summed E-state index contributed by atoms with van der Waals surface area (Å²) < 4.78 is 17.3. The Labute approximate surface area is 77.9 Å². The van der Waals surface area contributed by atoms with Crippen molar-refractivity contribution in [3.8, 4) is 0 Å². The zero-order valence-corrected chi connectivity index (χ0v) is 7.76. The van der Waals surface area contributed by atoms with Crippen molar-refractivity contribution >= 4 is 0 Å². The van der Waals surface area contributed by atoms with E-state index in [-0.39, 0.29) is 0 Å². The Bertz CT molecular complexity index is 261. The summed E-state index contributed by atoms with van der Waals surface area (Å²) in [4.78, 5) is 0. The van der Waals surface area contributed by atoms with Crippen LogP contribution in [0.1, 0.15) is 49.3 Å². The molecule has 13 heavy (non-hydrogen) atoms. The Morgan fingerprint density at radius 1 is 1.31 bits per heavy atom. The summed E-state index contributed by atoms with van der Waals surface area (Å²) in [5.41, 5.74) is 1.20. The fourth-order valence-electron chi connectivity index (χ4n) is 2.12. The van der Waals surface area contributed by atoms with Crippen LogP contribution in [0.4, 0.5) is 4.39 Å². The summed E-state index contributed by atoms with van der Waals surface area (Å²) in [7, 11) is 0. The van der Waals surface area contributed by atoms with Crippen molar-refractivity contribution in [2.75, 3.05) is 0 Å². The van der Waals surface area contributed by atoms with Crippen LogP contribution >= 0.6 is 0 Å². The van der Waals surface area contributed by atoms with Crippen molar-refractivity contribution in [3.05, 3.63) is 23.7 Å². The molecule has 0 spiro atoms. The second-order valence-electron chi connectivity index (χ2n) is 3.81. The third-order valence-corrected chi connectivity index (χ3v) is 2.88. The summed E-state index contributed by atoms with van der Waals surface area (Å²) in [6, 6.07) is 1.87. The third-order valence-electron chi connectivity index (χ3n) is 2.88. The van der Waals surface area contributed by atoms with E-state index in [4.69, 9.17) is 4.42 Å². The van der Waals surface area contributed by atoms with E-state index >= 15 is 0 Å². The second kappa shape index (κ2) is 3.95. The quantitative estimate of drug-likeness (QED) is 0.678. The normalized spacial score (nSPS) is 19.2. The fraction of sp³-hybridized carbons (Fsp3) is 0.636. The number of rotatable bonds is 2. The number of hydrogen-bond donors (Lipinski definition) is 0. The molecule has 0 radical (unpaired) electrons. The molecule has 1 aromatic heterocycles. The summed E-state index contributed by atoms with van der Waals surface area (Å²) >= 11 is 0. The van der Waals surface area contributed by atoms with Gasteiger partial charge in [0.25, 0.3) is 0 Å². The molecule has 1 heterocycles. The van der Waals surface area contributed by atoms with Crippen LogP contribution in [0.3, 0.4) is 0 Å². The second-order valence-corrected chi connectivity index (χ2v) is 3.81. The van der Waals surface area contributed by atoms with E-state index < -0.39 is 6.67 Å². The van der Waals surface area contributed by atoms with E-state index in [1.54, 1.807) is 6.26 Å².